The van der Waals surface area contributed by atoms with Crippen molar-refractivity contribution in [1.29, 1.82) is 0 Å². The van der Waals surface area contributed by atoms with E-state index < -0.39 is 0 Å². The van der Waals surface area contributed by atoms with Crippen molar-refractivity contribution >= 4 is 23.2 Å². The van der Waals surface area contributed by atoms with Crippen molar-refractivity contribution in [2.75, 3.05) is 24.4 Å². The number of benzene rings is 2. The molecule has 2 aromatic carbocycles. The molecule has 6 nitrogen and oxygen atoms in total. The summed E-state index contributed by atoms with van der Waals surface area (Å²) >= 11 is 0. The summed E-state index contributed by atoms with van der Waals surface area (Å²) in [7, 11) is 3.21. The maximum atomic E-state index is 12.9. The van der Waals surface area contributed by atoms with Gasteiger partial charge in [-0.15, -0.1) is 0 Å². The Morgan fingerprint density at radius 3 is 2.29 bits per heavy atom. The van der Waals surface area contributed by atoms with E-state index in [4.69, 9.17) is 9.47 Å². The highest BCUT2D eigenvalue weighted by Gasteiger charge is 2.33. The van der Waals surface area contributed by atoms with Crippen LogP contribution in [0.4, 0.5) is 11.4 Å². The molecule has 0 spiro atoms. The zero-order valence-electron chi connectivity index (χ0n) is 16.5. The second-order valence-electron chi connectivity index (χ2n) is 6.91. The minimum absolute atomic E-state index is 0.101. The number of carbonyl (C=O) groups excluding carboxylic acids is 2. The molecule has 1 fully saturated rings. The normalized spacial score (nSPS) is 13.0. The van der Waals surface area contributed by atoms with Crippen molar-refractivity contribution in [2.45, 2.75) is 38.6 Å². The highest BCUT2D eigenvalue weighted by molar-refractivity contribution is 5.95. The highest BCUT2D eigenvalue weighted by atomic mass is 16.5. The highest BCUT2D eigenvalue weighted by Crippen LogP contribution is 2.33. The van der Waals surface area contributed by atoms with Gasteiger partial charge in [-0.05, 0) is 61.2 Å². The quantitative estimate of drug-likeness (QED) is 0.754. The van der Waals surface area contributed by atoms with Crippen LogP contribution in [0.2, 0.25) is 0 Å². The second kappa shape index (κ2) is 8.78. The van der Waals surface area contributed by atoms with E-state index in [2.05, 4.69) is 5.32 Å². The number of hydrogen-bond acceptors (Lipinski definition) is 4. The number of carbonyl (C=O) groups is 2. The van der Waals surface area contributed by atoms with Crippen molar-refractivity contribution in [3.63, 3.8) is 0 Å². The average molecular weight is 382 g/mol. The van der Waals surface area contributed by atoms with Crippen LogP contribution in [0.25, 0.3) is 0 Å². The Morgan fingerprint density at radius 2 is 1.71 bits per heavy atom. The molecule has 1 aliphatic carbocycles. The van der Waals surface area contributed by atoms with Crippen LogP contribution in [-0.2, 0) is 16.0 Å². The molecule has 1 saturated carbocycles. The summed E-state index contributed by atoms with van der Waals surface area (Å²) in [6, 6.07) is 13.4. The fourth-order valence-electron chi connectivity index (χ4n) is 3.21. The molecular formula is C22H26N2O4. The molecule has 1 N–H and O–H groups in total. The molecule has 3 rings (SSSR count). The van der Waals surface area contributed by atoms with Gasteiger partial charge in [-0.3, -0.25) is 9.59 Å². The molecule has 0 unspecified atom stereocenters. The number of amides is 2. The van der Waals surface area contributed by atoms with Crippen LogP contribution in [0.1, 0.15) is 31.7 Å². The van der Waals surface area contributed by atoms with Gasteiger partial charge in [0.05, 0.1) is 14.2 Å². The first-order valence-corrected chi connectivity index (χ1v) is 9.42. The van der Waals surface area contributed by atoms with Gasteiger partial charge in [0.2, 0.25) is 11.8 Å². The standard InChI is InChI=1S/C22H26N2O4/c1-15(25)23-17-6-8-18(9-7-17)24(19-10-11-19)22(26)13-5-16-4-12-20(27-2)21(14-16)28-3/h4,6-9,12,14,19H,5,10-11,13H2,1-3H3,(H,23,25). The molecule has 6 heteroatoms. The van der Waals surface area contributed by atoms with E-state index in [-0.39, 0.29) is 17.9 Å². The summed E-state index contributed by atoms with van der Waals surface area (Å²) < 4.78 is 10.6. The van der Waals surface area contributed by atoms with Gasteiger partial charge >= 0.3 is 0 Å². The second-order valence-corrected chi connectivity index (χ2v) is 6.91. The molecule has 0 aromatic heterocycles. The molecule has 0 radical (unpaired) electrons. The Morgan fingerprint density at radius 1 is 1.04 bits per heavy atom. The predicted molar refractivity (Wildman–Crippen MR) is 109 cm³/mol. The average Bonchev–Trinajstić information content (AvgIpc) is 3.52. The lowest BCUT2D eigenvalue weighted by molar-refractivity contribution is -0.118. The van der Waals surface area contributed by atoms with Crippen LogP contribution in [0, 0.1) is 0 Å². The van der Waals surface area contributed by atoms with Gasteiger partial charge in [-0.2, -0.15) is 0 Å². The fourth-order valence-corrected chi connectivity index (χ4v) is 3.21. The van der Waals surface area contributed by atoms with Crippen LogP contribution in [0.5, 0.6) is 11.5 Å². The molecule has 0 heterocycles. The Labute approximate surface area is 165 Å². The van der Waals surface area contributed by atoms with Crippen molar-refractivity contribution < 1.29 is 19.1 Å². The van der Waals surface area contributed by atoms with E-state index in [1.54, 1.807) is 14.2 Å². The number of rotatable bonds is 8. The summed E-state index contributed by atoms with van der Waals surface area (Å²) in [5.74, 6) is 1.33. The zero-order valence-corrected chi connectivity index (χ0v) is 16.5. The van der Waals surface area contributed by atoms with Gasteiger partial charge in [-0.1, -0.05) is 6.07 Å². The zero-order chi connectivity index (χ0) is 20.1. The third-order valence-electron chi connectivity index (χ3n) is 4.72. The molecule has 28 heavy (non-hydrogen) atoms. The van der Waals surface area contributed by atoms with Crippen molar-refractivity contribution in [3.05, 3.63) is 48.0 Å². The van der Waals surface area contributed by atoms with E-state index >= 15 is 0 Å². The first-order valence-electron chi connectivity index (χ1n) is 9.42. The van der Waals surface area contributed by atoms with Crippen molar-refractivity contribution in [2.24, 2.45) is 0 Å². The number of nitrogens with zero attached hydrogens (tertiary/aromatic N) is 1. The molecule has 148 valence electrons. The molecule has 1 aliphatic rings. The molecule has 0 aliphatic heterocycles. The Balaban J connectivity index is 1.68. The van der Waals surface area contributed by atoms with Gasteiger partial charge in [0.25, 0.3) is 0 Å². The summed E-state index contributed by atoms with van der Waals surface area (Å²) in [5.41, 5.74) is 2.63. The van der Waals surface area contributed by atoms with Gasteiger partial charge in [0, 0.05) is 30.8 Å². The third-order valence-corrected chi connectivity index (χ3v) is 4.72. The molecule has 2 aromatic rings. The maximum Gasteiger partial charge on any atom is 0.227 e. The Hall–Kier alpha value is -3.02. The summed E-state index contributed by atoms with van der Waals surface area (Å²) in [5, 5.41) is 2.75. The van der Waals surface area contributed by atoms with Gasteiger partial charge in [0.15, 0.2) is 11.5 Å². The monoisotopic (exact) mass is 382 g/mol. The lowest BCUT2D eigenvalue weighted by Crippen LogP contribution is -2.33. The molecule has 2 amide bonds. The van der Waals surface area contributed by atoms with Gasteiger partial charge in [0.1, 0.15) is 0 Å². The number of methoxy groups -OCH3 is 2. The van der Waals surface area contributed by atoms with E-state index in [9.17, 15) is 9.59 Å². The Kier molecular flexibility index (Phi) is 6.19. The van der Waals surface area contributed by atoms with E-state index in [1.165, 1.54) is 6.92 Å². The minimum Gasteiger partial charge on any atom is -0.493 e. The summed E-state index contributed by atoms with van der Waals surface area (Å²) in [4.78, 5) is 26.0. The molecule has 0 bridgehead atoms. The van der Waals surface area contributed by atoms with Crippen LogP contribution >= 0.6 is 0 Å². The largest absolute Gasteiger partial charge is 0.493 e. The lowest BCUT2D eigenvalue weighted by atomic mass is 10.1. The SMILES string of the molecule is COc1ccc(CCC(=O)N(c2ccc(NC(C)=O)cc2)C2CC2)cc1OC. The van der Waals surface area contributed by atoms with Crippen LogP contribution in [0.3, 0.4) is 0 Å². The summed E-state index contributed by atoms with van der Waals surface area (Å²) in [6.07, 6.45) is 3.09. The van der Waals surface area contributed by atoms with E-state index in [1.807, 2.05) is 47.4 Å². The van der Waals surface area contributed by atoms with Crippen LogP contribution in [0.15, 0.2) is 42.5 Å². The van der Waals surface area contributed by atoms with E-state index in [0.29, 0.717) is 24.3 Å². The first kappa shape index (κ1) is 19.7. The predicted octanol–water partition coefficient (Wildman–Crippen LogP) is 3.79. The Bertz CT molecular complexity index is 844. The first-order chi connectivity index (χ1) is 13.5. The van der Waals surface area contributed by atoms with Crippen molar-refractivity contribution in [1.82, 2.24) is 0 Å². The number of ether oxygens (including phenoxy) is 2. The van der Waals surface area contributed by atoms with E-state index in [0.717, 1.165) is 29.8 Å². The molecular weight excluding hydrogens is 356 g/mol. The lowest BCUT2D eigenvalue weighted by Gasteiger charge is -2.23. The maximum absolute atomic E-state index is 12.9. The molecule has 0 atom stereocenters. The van der Waals surface area contributed by atoms with Crippen LogP contribution in [-0.4, -0.2) is 32.1 Å². The number of anilines is 2. The minimum atomic E-state index is -0.113. The number of nitrogens with one attached hydrogen (secondary N) is 1. The fraction of sp³-hybridized carbons (Fsp3) is 0.364. The topological polar surface area (TPSA) is 67.9 Å². The van der Waals surface area contributed by atoms with Crippen LogP contribution < -0.4 is 19.7 Å². The van der Waals surface area contributed by atoms with Gasteiger partial charge in [-0.25, -0.2) is 0 Å². The third kappa shape index (κ3) is 4.82. The number of aryl methyl sites for hydroxylation is 1. The molecule has 0 saturated heterocycles. The smallest absolute Gasteiger partial charge is 0.227 e. The summed E-state index contributed by atoms with van der Waals surface area (Å²) in [6.45, 7) is 1.47. The van der Waals surface area contributed by atoms with Gasteiger partial charge < -0.3 is 19.7 Å². The number of hydrogen-bond donors (Lipinski definition) is 1. The van der Waals surface area contributed by atoms with Crippen molar-refractivity contribution in [3.8, 4) is 11.5 Å².